The number of carbonyl (C=O) groups is 1. The van der Waals surface area contributed by atoms with Crippen molar-refractivity contribution in [1.82, 2.24) is 0 Å². The van der Waals surface area contributed by atoms with Crippen molar-refractivity contribution in [3.8, 4) is 0 Å². The van der Waals surface area contributed by atoms with E-state index in [1.54, 1.807) is 0 Å². The van der Waals surface area contributed by atoms with Crippen molar-refractivity contribution in [1.29, 1.82) is 0 Å². The zero-order valence-corrected chi connectivity index (χ0v) is 9.45. The normalized spacial score (nSPS) is 36.5. The van der Waals surface area contributed by atoms with E-state index in [0.717, 1.165) is 0 Å². The van der Waals surface area contributed by atoms with Crippen LogP contribution in [0, 0.1) is 17.3 Å². The van der Waals surface area contributed by atoms with E-state index in [9.17, 15) is 4.79 Å². The minimum absolute atomic E-state index is 0.121. The van der Waals surface area contributed by atoms with Crippen LogP contribution in [-0.2, 0) is 14.3 Å². The van der Waals surface area contributed by atoms with Crippen molar-refractivity contribution in [2.45, 2.75) is 33.0 Å². The highest BCUT2D eigenvalue weighted by Crippen LogP contribution is 2.61. The molecule has 4 heteroatoms. The van der Waals surface area contributed by atoms with Crippen molar-refractivity contribution in [3.05, 3.63) is 0 Å². The van der Waals surface area contributed by atoms with Crippen molar-refractivity contribution < 1.29 is 19.4 Å². The van der Waals surface area contributed by atoms with E-state index in [1.165, 1.54) is 0 Å². The summed E-state index contributed by atoms with van der Waals surface area (Å²) >= 11 is 0. The molecule has 1 heterocycles. The van der Waals surface area contributed by atoms with Gasteiger partial charge in [-0.25, -0.2) is 0 Å². The summed E-state index contributed by atoms with van der Waals surface area (Å²) in [6.45, 7) is 7.11. The summed E-state index contributed by atoms with van der Waals surface area (Å²) < 4.78 is 11.0. The summed E-state index contributed by atoms with van der Waals surface area (Å²) in [6.07, 6.45) is 0.678. The van der Waals surface area contributed by atoms with E-state index in [0.29, 0.717) is 19.6 Å². The fraction of sp³-hybridized carbons (Fsp3) is 0.909. The maximum atomic E-state index is 11.0. The van der Waals surface area contributed by atoms with Gasteiger partial charge < -0.3 is 14.6 Å². The number of hydrogen-bond donors (Lipinski definition) is 1. The van der Waals surface area contributed by atoms with E-state index < -0.39 is 11.8 Å². The molecule has 1 saturated carbocycles. The van der Waals surface area contributed by atoms with Crippen LogP contribution >= 0.6 is 0 Å². The molecular formula is C11H18O4. The second-order valence-electron chi connectivity index (χ2n) is 5.28. The first-order valence-electron chi connectivity index (χ1n) is 5.37. The number of rotatable bonds is 3. The van der Waals surface area contributed by atoms with E-state index >= 15 is 0 Å². The second kappa shape index (κ2) is 3.19. The molecule has 0 aromatic heterocycles. The quantitative estimate of drug-likeness (QED) is 0.773. The summed E-state index contributed by atoms with van der Waals surface area (Å²) in [5, 5.41) is 9.04. The molecule has 1 unspecified atom stereocenters. The van der Waals surface area contributed by atoms with Gasteiger partial charge >= 0.3 is 5.97 Å². The Labute approximate surface area is 89.6 Å². The van der Waals surface area contributed by atoms with Crippen LogP contribution < -0.4 is 0 Å². The molecule has 2 fully saturated rings. The standard InChI is InChI=1S/C11H18O4/c1-10(2)7(8(10)9(12)13)6-11(3)14-4-5-15-11/h7-8H,4-6H2,1-3H3,(H,12,13)/t7?,8-/m0/s1. The van der Waals surface area contributed by atoms with Gasteiger partial charge in [-0.1, -0.05) is 13.8 Å². The second-order valence-corrected chi connectivity index (χ2v) is 5.28. The lowest BCUT2D eigenvalue weighted by molar-refractivity contribution is -0.152. The highest BCUT2D eigenvalue weighted by molar-refractivity contribution is 5.75. The fourth-order valence-corrected chi connectivity index (χ4v) is 2.69. The highest BCUT2D eigenvalue weighted by atomic mass is 16.7. The van der Waals surface area contributed by atoms with Crippen LogP contribution in [0.2, 0.25) is 0 Å². The molecule has 1 aliphatic heterocycles. The first kappa shape index (κ1) is 10.9. The van der Waals surface area contributed by atoms with Crippen LogP contribution in [0.25, 0.3) is 0 Å². The minimum atomic E-state index is -0.702. The van der Waals surface area contributed by atoms with Gasteiger partial charge in [-0.15, -0.1) is 0 Å². The highest BCUT2D eigenvalue weighted by Gasteiger charge is 2.63. The third kappa shape index (κ3) is 1.76. The lowest BCUT2D eigenvalue weighted by Gasteiger charge is -2.22. The number of hydrogen-bond acceptors (Lipinski definition) is 3. The lowest BCUT2D eigenvalue weighted by Crippen LogP contribution is -2.27. The summed E-state index contributed by atoms with van der Waals surface area (Å²) in [7, 11) is 0. The van der Waals surface area contributed by atoms with Crippen LogP contribution in [0.15, 0.2) is 0 Å². The van der Waals surface area contributed by atoms with Gasteiger partial charge in [-0.3, -0.25) is 4.79 Å². The fourth-order valence-electron chi connectivity index (χ4n) is 2.69. The maximum absolute atomic E-state index is 11.0. The first-order valence-corrected chi connectivity index (χ1v) is 5.37. The molecule has 1 N–H and O–H groups in total. The average molecular weight is 214 g/mol. The van der Waals surface area contributed by atoms with Crippen LogP contribution in [0.3, 0.4) is 0 Å². The topological polar surface area (TPSA) is 55.8 Å². The molecule has 0 bridgehead atoms. The molecule has 0 spiro atoms. The Kier molecular flexibility index (Phi) is 2.32. The van der Waals surface area contributed by atoms with Gasteiger partial charge in [0.25, 0.3) is 0 Å². The SMILES string of the molecule is CC1(CC2[C@@H](C(=O)O)C2(C)C)OCCO1. The van der Waals surface area contributed by atoms with E-state index in [-0.39, 0.29) is 17.3 Å². The molecular weight excluding hydrogens is 196 g/mol. The molecule has 2 atom stereocenters. The van der Waals surface area contributed by atoms with Gasteiger partial charge in [0.2, 0.25) is 0 Å². The van der Waals surface area contributed by atoms with E-state index in [2.05, 4.69) is 0 Å². The van der Waals surface area contributed by atoms with Crippen LogP contribution in [0.4, 0.5) is 0 Å². The van der Waals surface area contributed by atoms with Gasteiger partial charge in [0.1, 0.15) is 0 Å². The Hall–Kier alpha value is -0.610. The Morgan fingerprint density at radius 2 is 1.87 bits per heavy atom. The molecule has 0 amide bonds. The zero-order chi connectivity index (χ0) is 11.3. The Balaban J connectivity index is 1.99. The van der Waals surface area contributed by atoms with Crippen LogP contribution in [-0.4, -0.2) is 30.1 Å². The number of aliphatic carboxylic acids is 1. The number of ether oxygens (including phenoxy) is 2. The number of carboxylic acid groups (broad SMARTS) is 1. The Morgan fingerprint density at radius 1 is 1.33 bits per heavy atom. The van der Waals surface area contributed by atoms with Crippen molar-refractivity contribution in [3.63, 3.8) is 0 Å². The molecule has 86 valence electrons. The van der Waals surface area contributed by atoms with Crippen molar-refractivity contribution >= 4 is 5.97 Å². The summed E-state index contributed by atoms with van der Waals surface area (Å²) in [6, 6.07) is 0. The molecule has 0 radical (unpaired) electrons. The first-order chi connectivity index (χ1) is 6.87. The zero-order valence-electron chi connectivity index (χ0n) is 9.45. The van der Waals surface area contributed by atoms with Gasteiger partial charge in [-0.05, 0) is 18.3 Å². The molecule has 1 aliphatic carbocycles. The largest absolute Gasteiger partial charge is 0.481 e. The van der Waals surface area contributed by atoms with Gasteiger partial charge in [-0.2, -0.15) is 0 Å². The summed E-state index contributed by atoms with van der Waals surface area (Å²) in [5.41, 5.74) is -0.121. The minimum Gasteiger partial charge on any atom is -0.481 e. The Morgan fingerprint density at radius 3 is 2.27 bits per heavy atom. The average Bonchev–Trinajstić information content (AvgIpc) is 2.47. The predicted molar refractivity (Wildman–Crippen MR) is 53.3 cm³/mol. The third-order valence-electron chi connectivity index (χ3n) is 3.81. The molecule has 0 aromatic rings. The lowest BCUT2D eigenvalue weighted by atomic mass is 10.0. The number of carboxylic acids is 1. The third-order valence-corrected chi connectivity index (χ3v) is 3.81. The molecule has 2 aliphatic rings. The molecule has 15 heavy (non-hydrogen) atoms. The van der Waals surface area contributed by atoms with Crippen molar-refractivity contribution in [2.75, 3.05) is 13.2 Å². The maximum Gasteiger partial charge on any atom is 0.307 e. The van der Waals surface area contributed by atoms with E-state index in [1.807, 2.05) is 20.8 Å². The molecule has 1 saturated heterocycles. The molecule has 4 nitrogen and oxygen atoms in total. The summed E-state index contributed by atoms with van der Waals surface area (Å²) in [5.74, 6) is -1.35. The molecule has 2 rings (SSSR count). The van der Waals surface area contributed by atoms with Crippen molar-refractivity contribution in [2.24, 2.45) is 17.3 Å². The monoisotopic (exact) mass is 214 g/mol. The van der Waals surface area contributed by atoms with E-state index in [4.69, 9.17) is 14.6 Å². The van der Waals surface area contributed by atoms with Gasteiger partial charge in [0.05, 0.1) is 19.1 Å². The van der Waals surface area contributed by atoms with Crippen LogP contribution in [0.5, 0.6) is 0 Å². The molecule has 0 aromatic carbocycles. The van der Waals surface area contributed by atoms with Crippen LogP contribution in [0.1, 0.15) is 27.2 Å². The predicted octanol–water partition coefficient (Wildman–Crippen LogP) is 1.50. The smallest absolute Gasteiger partial charge is 0.307 e. The Bertz CT molecular complexity index is 278. The van der Waals surface area contributed by atoms with Gasteiger partial charge in [0, 0.05) is 6.42 Å². The summed E-state index contributed by atoms with van der Waals surface area (Å²) in [4.78, 5) is 11.0. The van der Waals surface area contributed by atoms with Gasteiger partial charge in [0.15, 0.2) is 5.79 Å².